The highest BCUT2D eigenvalue weighted by Gasteiger charge is 2.30. The molecule has 8 heteroatoms. The van der Waals surface area contributed by atoms with Crippen LogP contribution in [0, 0.1) is 5.82 Å². The molecule has 0 aliphatic rings. The summed E-state index contributed by atoms with van der Waals surface area (Å²) in [5.74, 6) is -0.831. The SMILES string of the molecule is O=C(Cc1cccc(C(F)(F)F)c1)Nc1nc(-c2ccc(F)cc2)cs1. The van der Waals surface area contributed by atoms with Gasteiger partial charge in [-0.25, -0.2) is 9.37 Å². The molecule has 0 atom stereocenters. The number of hydrogen-bond acceptors (Lipinski definition) is 3. The minimum Gasteiger partial charge on any atom is -0.302 e. The van der Waals surface area contributed by atoms with Gasteiger partial charge in [0.15, 0.2) is 5.13 Å². The summed E-state index contributed by atoms with van der Waals surface area (Å²) in [6.07, 6.45) is -4.65. The molecule has 1 amide bonds. The van der Waals surface area contributed by atoms with Crippen LogP contribution in [0.3, 0.4) is 0 Å². The Morgan fingerprint density at radius 3 is 2.54 bits per heavy atom. The summed E-state index contributed by atoms with van der Waals surface area (Å²) in [6, 6.07) is 10.4. The number of anilines is 1. The van der Waals surface area contributed by atoms with Crippen LogP contribution in [-0.2, 0) is 17.4 Å². The number of nitrogens with zero attached hydrogens (tertiary/aromatic N) is 1. The zero-order valence-corrected chi connectivity index (χ0v) is 14.0. The number of benzene rings is 2. The first-order chi connectivity index (χ1) is 12.3. The van der Waals surface area contributed by atoms with E-state index in [0.717, 1.165) is 12.1 Å². The van der Waals surface area contributed by atoms with Crippen molar-refractivity contribution in [1.82, 2.24) is 4.98 Å². The Morgan fingerprint density at radius 1 is 1.12 bits per heavy atom. The van der Waals surface area contributed by atoms with Gasteiger partial charge < -0.3 is 5.32 Å². The summed E-state index contributed by atoms with van der Waals surface area (Å²) in [6.45, 7) is 0. The maximum Gasteiger partial charge on any atom is 0.416 e. The minimum absolute atomic E-state index is 0.199. The Bertz CT molecular complexity index is 919. The molecule has 3 nitrogen and oxygen atoms in total. The predicted octanol–water partition coefficient (Wildman–Crippen LogP) is 5.15. The lowest BCUT2D eigenvalue weighted by atomic mass is 10.1. The van der Waals surface area contributed by atoms with Crippen molar-refractivity contribution >= 4 is 22.4 Å². The number of nitrogens with one attached hydrogen (secondary N) is 1. The number of rotatable bonds is 4. The first kappa shape index (κ1) is 18.1. The molecule has 1 aromatic heterocycles. The summed E-state index contributed by atoms with van der Waals surface area (Å²) < 4.78 is 51.1. The van der Waals surface area contributed by atoms with Gasteiger partial charge in [-0.1, -0.05) is 18.2 Å². The van der Waals surface area contributed by atoms with Gasteiger partial charge in [-0.3, -0.25) is 4.79 Å². The van der Waals surface area contributed by atoms with Gasteiger partial charge in [0.25, 0.3) is 0 Å². The molecule has 1 heterocycles. The van der Waals surface area contributed by atoms with Crippen LogP contribution in [0.4, 0.5) is 22.7 Å². The maximum atomic E-state index is 12.9. The van der Waals surface area contributed by atoms with Crippen LogP contribution in [0.25, 0.3) is 11.3 Å². The zero-order chi connectivity index (χ0) is 18.7. The minimum atomic E-state index is -4.45. The fourth-order valence-corrected chi connectivity index (χ4v) is 3.03. The number of carbonyl (C=O) groups is 1. The Morgan fingerprint density at radius 2 is 1.85 bits per heavy atom. The van der Waals surface area contributed by atoms with Gasteiger partial charge in [0.05, 0.1) is 17.7 Å². The van der Waals surface area contributed by atoms with Crippen LogP contribution in [0.1, 0.15) is 11.1 Å². The molecular formula is C18H12F4N2OS. The molecule has 0 saturated carbocycles. The Labute approximate surface area is 150 Å². The van der Waals surface area contributed by atoms with Gasteiger partial charge in [-0.05, 0) is 35.9 Å². The smallest absolute Gasteiger partial charge is 0.302 e. The van der Waals surface area contributed by atoms with E-state index in [0.29, 0.717) is 16.4 Å². The maximum absolute atomic E-state index is 12.9. The molecule has 134 valence electrons. The average molecular weight is 380 g/mol. The summed E-state index contributed by atoms with van der Waals surface area (Å²) in [5, 5.41) is 4.59. The normalized spacial score (nSPS) is 11.4. The van der Waals surface area contributed by atoms with Crippen LogP contribution in [0.2, 0.25) is 0 Å². The van der Waals surface area contributed by atoms with E-state index in [9.17, 15) is 22.4 Å². The number of carbonyl (C=O) groups excluding carboxylic acids is 1. The molecule has 0 spiro atoms. The molecule has 2 aromatic carbocycles. The fourth-order valence-electron chi connectivity index (χ4n) is 2.29. The molecule has 0 aliphatic carbocycles. The second-order valence-electron chi connectivity index (χ2n) is 5.47. The van der Waals surface area contributed by atoms with Crippen molar-refractivity contribution in [1.29, 1.82) is 0 Å². The monoisotopic (exact) mass is 380 g/mol. The van der Waals surface area contributed by atoms with Crippen molar-refractivity contribution in [2.75, 3.05) is 5.32 Å². The van der Waals surface area contributed by atoms with E-state index in [1.54, 1.807) is 17.5 Å². The van der Waals surface area contributed by atoms with E-state index in [-0.39, 0.29) is 17.8 Å². The van der Waals surface area contributed by atoms with Crippen LogP contribution in [-0.4, -0.2) is 10.9 Å². The van der Waals surface area contributed by atoms with Crippen molar-refractivity contribution in [3.8, 4) is 11.3 Å². The third-order valence-corrected chi connectivity index (χ3v) is 4.27. The number of thiazole rings is 1. The Balaban J connectivity index is 1.67. The summed E-state index contributed by atoms with van der Waals surface area (Å²) in [5.41, 5.74) is 0.730. The Kier molecular flexibility index (Phi) is 5.03. The molecule has 26 heavy (non-hydrogen) atoms. The molecule has 3 aromatic rings. The Hall–Kier alpha value is -2.74. The summed E-state index contributed by atoms with van der Waals surface area (Å²) >= 11 is 1.18. The highest BCUT2D eigenvalue weighted by molar-refractivity contribution is 7.14. The third kappa shape index (κ3) is 4.45. The second kappa shape index (κ2) is 7.25. The van der Waals surface area contributed by atoms with Crippen LogP contribution < -0.4 is 5.32 Å². The lowest BCUT2D eigenvalue weighted by Gasteiger charge is -2.08. The van der Waals surface area contributed by atoms with Gasteiger partial charge in [0.2, 0.25) is 5.91 Å². The summed E-state index contributed by atoms with van der Waals surface area (Å²) in [4.78, 5) is 16.3. The van der Waals surface area contributed by atoms with Gasteiger partial charge >= 0.3 is 6.18 Å². The predicted molar refractivity (Wildman–Crippen MR) is 91.3 cm³/mol. The molecule has 0 radical (unpaired) electrons. The number of hydrogen-bond donors (Lipinski definition) is 1. The molecule has 0 saturated heterocycles. The van der Waals surface area contributed by atoms with Crippen LogP contribution >= 0.6 is 11.3 Å². The molecule has 1 N–H and O–H groups in total. The molecule has 3 rings (SSSR count). The van der Waals surface area contributed by atoms with E-state index in [1.807, 2.05) is 0 Å². The molecular weight excluding hydrogens is 368 g/mol. The van der Waals surface area contributed by atoms with Crippen LogP contribution in [0.5, 0.6) is 0 Å². The molecule has 0 unspecified atom stereocenters. The number of aromatic nitrogens is 1. The fraction of sp³-hybridized carbons (Fsp3) is 0.111. The average Bonchev–Trinajstić information content (AvgIpc) is 3.03. The van der Waals surface area contributed by atoms with E-state index in [1.165, 1.54) is 35.6 Å². The lowest BCUT2D eigenvalue weighted by molar-refractivity contribution is -0.137. The van der Waals surface area contributed by atoms with Gasteiger partial charge in [-0.15, -0.1) is 11.3 Å². The second-order valence-corrected chi connectivity index (χ2v) is 6.33. The quantitative estimate of drug-likeness (QED) is 0.636. The van der Waals surface area contributed by atoms with Crippen molar-refractivity contribution in [3.05, 3.63) is 70.9 Å². The number of halogens is 4. The highest BCUT2D eigenvalue weighted by atomic mass is 32.1. The topological polar surface area (TPSA) is 42.0 Å². The van der Waals surface area contributed by atoms with Crippen molar-refractivity contribution in [2.24, 2.45) is 0 Å². The van der Waals surface area contributed by atoms with Crippen molar-refractivity contribution < 1.29 is 22.4 Å². The van der Waals surface area contributed by atoms with E-state index in [4.69, 9.17) is 0 Å². The first-order valence-corrected chi connectivity index (χ1v) is 8.37. The highest BCUT2D eigenvalue weighted by Crippen LogP contribution is 2.30. The largest absolute Gasteiger partial charge is 0.416 e. The molecule has 0 bridgehead atoms. The molecule has 0 aliphatic heterocycles. The molecule has 0 fully saturated rings. The number of amides is 1. The standard InChI is InChI=1S/C18H12F4N2OS/c19-14-6-4-12(5-7-14)15-10-26-17(23-15)24-16(25)9-11-2-1-3-13(8-11)18(20,21)22/h1-8,10H,9H2,(H,23,24,25). The van der Waals surface area contributed by atoms with E-state index < -0.39 is 17.6 Å². The zero-order valence-electron chi connectivity index (χ0n) is 13.2. The van der Waals surface area contributed by atoms with Gasteiger partial charge in [-0.2, -0.15) is 13.2 Å². The van der Waals surface area contributed by atoms with Crippen LogP contribution in [0.15, 0.2) is 53.9 Å². The van der Waals surface area contributed by atoms with Crippen molar-refractivity contribution in [2.45, 2.75) is 12.6 Å². The van der Waals surface area contributed by atoms with Gasteiger partial charge in [0.1, 0.15) is 5.82 Å². The van der Waals surface area contributed by atoms with E-state index in [2.05, 4.69) is 10.3 Å². The lowest BCUT2D eigenvalue weighted by Crippen LogP contribution is -2.15. The number of alkyl halides is 3. The van der Waals surface area contributed by atoms with E-state index >= 15 is 0 Å². The third-order valence-electron chi connectivity index (χ3n) is 3.51. The first-order valence-electron chi connectivity index (χ1n) is 7.49. The summed E-state index contributed by atoms with van der Waals surface area (Å²) in [7, 11) is 0. The van der Waals surface area contributed by atoms with Crippen molar-refractivity contribution in [3.63, 3.8) is 0 Å². The van der Waals surface area contributed by atoms with Gasteiger partial charge in [0, 0.05) is 10.9 Å².